The number of carbonyl (C=O) groups excluding carboxylic acids is 2. The number of hydrogen-bond acceptors (Lipinski definition) is 3. The Kier molecular flexibility index (Phi) is 4.60. The summed E-state index contributed by atoms with van der Waals surface area (Å²) in [5.41, 5.74) is -0.777. The van der Waals surface area contributed by atoms with E-state index in [-0.39, 0.29) is 29.3 Å². The molecule has 0 spiro atoms. The lowest BCUT2D eigenvalue weighted by atomic mass is 9.45. The summed E-state index contributed by atoms with van der Waals surface area (Å²) in [6.07, 6.45) is 5.72. The fourth-order valence-corrected chi connectivity index (χ4v) is 6.23. The molecule has 3 fully saturated rings. The zero-order valence-electron chi connectivity index (χ0n) is 15.9. The first-order valence-electron chi connectivity index (χ1n) is 9.87. The van der Waals surface area contributed by atoms with E-state index in [4.69, 9.17) is 0 Å². The Morgan fingerprint density at radius 3 is 2.48 bits per heavy atom. The van der Waals surface area contributed by atoms with Gasteiger partial charge >= 0.3 is 0 Å². The molecule has 3 rings (SSSR count). The minimum Gasteiger partial charge on any atom is -0.390 e. The minimum absolute atomic E-state index is 0.0216. The SMILES string of the molecule is C=C1CCC2C3C(C(=C)C(=O)C2(CC)C1=O)C(C)CCCCC3(C)O. The number of hydrogen-bond donors (Lipinski definition) is 1. The molecule has 138 valence electrons. The van der Waals surface area contributed by atoms with Gasteiger partial charge in [0.25, 0.3) is 0 Å². The molecule has 6 unspecified atom stereocenters. The second kappa shape index (κ2) is 6.19. The molecule has 3 aliphatic carbocycles. The molecule has 0 aliphatic heterocycles. The van der Waals surface area contributed by atoms with Gasteiger partial charge in [-0.2, -0.15) is 0 Å². The van der Waals surface area contributed by atoms with Crippen molar-refractivity contribution in [3.05, 3.63) is 24.3 Å². The smallest absolute Gasteiger partial charge is 0.172 e. The van der Waals surface area contributed by atoms with Gasteiger partial charge in [-0.15, -0.1) is 0 Å². The zero-order valence-corrected chi connectivity index (χ0v) is 15.9. The maximum atomic E-state index is 13.4. The van der Waals surface area contributed by atoms with Crippen molar-refractivity contribution >= 4 is 11.6 Å². The highest BCUT2D eigenvalue weighted by Crippen LogP contribution is 2.60. The van der Waals surface area contributed by atoms with Crippen molar-refractivity contribution in [2.45, 2.75) is 71.3 Å². The molecule has 0 aromatic carbocycles. The van der Waals surface area contributed by atoms with Gasteiger partial charge in [0.05, 0.1) is 11.0 Å². The van der Waals surface area contributed by atoms with E-state index in [1.165, 1.54) is 0 Å². The topological polar surface area (TPSA) is 54.4 Å². The van der Waals surface area contributed by atoms with E-state index in [0.717, 1.165) is 32.1 Å². The summed E-state index contributed by atoms with van der Waals surface area (Å²) in [6, 6.07) is 0. The molecular weight excluding hydrogens is 312 g/mol. The molecule has 6 atom stereocenters. The van der Waals surface area contributed by atoms with Crippen LogP contribution in [-0.2, 0) is 9.59 Å². The maximum Gasteiger partial charge on any atom is 0.172 e. The molecule has 0 aromatic heterocycles. The molecule has 3 heteroatoms. The van der Waals surface area contributed by atoms with Crippen LogP contribution in [0.1, 0.15) is 65.7 Å². The van der Waals surface area contributed by atoms with E-state index in [2.05, 4.69) is 20.1 Å². The molecule has 3 aliphatic rings. The highest BCUT2D eigenvalue weighted by atomic mass is 16.3. The van der Waals surface area contributed by atoms with Gasteiger partial charge in [0.2, 0.25) is 0 Å². The summed E-state index contributed by atoms with van der Waals surface area (Å²) >= 11 is 0. The number of fused-ring (bicyclic) bond motifs is 3. The molecule has 1 N–H and O–H groups in total. The van der Waals surface area contributed by atoms with Gasteiger partial charge in [0.15, 0.2) is 11.6 Å². The summed E-state index contributed by atoms with van der Waals surface area (Å²) < 4.78 is 0. The average Bonchev–Trinajstić information content (AvgIpc) is 2.56. The Balaban J connectivity index is 2.19. The molecule has 3 saturated carbocycles. The zero-order chi connectivity index (χ0) is 18.6. The minimum atomic E-state index is -1.05. The number of rotatable bonds is 1. The van der Waals surface area contributed by atoms with Crippen molar-refractivity contribution in [1.82, 2.24) is 0 Å². The summed E-state index contributed by atoms with van der Waals surface area (Å²) in [7, 11) is 0. The van der Waals surface area contributed by atoms with Crippen LogP contribution >= 0.6 is 0 Å². The Hall–Kier alpha value is -1.22. The lowest BCUT2D eigenvalue weighted by molar-refractivity contribution is -0.163. The predicted molar refractivity (Wildman–Crippen MR) is 99.0 cm³/mol. The molecule has 25 heavy (non-hydrogen) atoms. The molecule has 0 bridgehead atoms. The third-order valence-corrected chi connectivity index (χ3v) is 7.52. The molecule has 3 nitrogen and oxygen atoms in total. The number of Topliss-reactive ketones (excluding diaryl/α,β-unsaturated/α-hetero) is 2. The monoisotopic (exact) mass is 344 g/mol. The number of allylic oxidation sites excluding steroid dienone is 2. The quantitative estimate of drug-likeness (QED) is 0.571. The van der Waals surface area contributed by atoms with Gasteiger partial charge in [-0.25, -0.2) is 0 Å². The summed E-state index contributed by atoms with van der Waals surface area (Å²) in [5, 5.41) is 11.4. The van der Waals surface area contributed by atoms with Gasteiger partial charge in [-0.05, 0) is 67.4 Å². The van der Waals surface area contributed by atoms with Crippen molar-refractivity contribution in [3.63, 3.8) is 0 Å². The average molecular weight is 344 g/mol. The maximum absolute atomic E-state index is 13.4. The van der Waals surface area contributed by atoms with E-state index in [1.807, 2.05) is 13.8 Å². The van der Waals surface area contributed by atoms with Crippen LogP contribution in [-0.4, -0.2) is 22.3 Å². The molecule has 0 radical (unpaired) electrons. The third-order valence-electron chi connectivity index (χ3n) is 7.52. The van der Waals surface area contributed by atoms with Crippen molar-refractivity contribution in [2.24, 2.45) is 29.1 Å². The first kappa shape index (κ1) is 18.6. The largest absolute Gasteiger partial charge is 0.390 e. The summed E-state index contributed by atoms with van der Waals surface area (Å²) in [5.74, 6) is -0.0642. The Morgan fingerprint density at radius 2 is 1.84 bits per heavy atom. The van der Waals surface area contributed by atoms with Crippen LogP contribution in [0.3, 0.4) is 0 Å². The van der Waals surface area contributed by atoms with Gasteiger partial charge in [0.1, 0.15) is 0 Å². The highest BCUT2D eigenvalue weighted by molar-refractivity contribution is 6.20. The molecule has 0 saturated heterocycles. The molecule has 0 amide bonds. The van der Waals surface area contributed by atoms with Crippen LogP contribution in [0.2, 0.25) is 0 Å². The third kappa shape index (κ3) is 2.50. The fraction of sp³-hybridized carbons (Fsp3) is 0.727. The van der Waals surface area contributed by atoms with Gasteiger partial charge < -0.3 is 5.11 Å². The van der Waals surface area contributed by atoms with E-state index in [0.29, 0.717) is 29.9 Å². The van der Waals surface area contributed by atoms with Crippen LogP contribution in [0.15, 0.2) is 24.3 Å². The van der Waals surface area contributed by atoms with E-state index >= 15 is 0 Å². The molecule has 0 aromatic rings. The van der Waals surface area contributed by atoms with Gasteiger partial charge in [-0.3, -0.25) is 9.59 Å². The molecule has 0 heterocycles. The van der Waals surface area contributed by atoms with Gasteiger partial charge in [0, 0.05) is 0 Å². The van der Waals surface area contributed by atoms with Crippen molar-refractivity contribution in [1.29, 1.82) is 0 Å². The Morgan fingerprint density at radius 1 is 1.16 bits per heavy atom. The first-order valence-corrected chi connectivity index (χ1v) is 9.87. The van der Waals surface area contributed by atoms with Crippen molar-refractivity contribution in [3.8, 4) is 0 Å². The lowest BCUT2D eigenvalue weighted by Gasteiger charge is -2.58. The van der Waals surface area contributed by atoms with E-state index < -0.39 is 11.0 Å². The summed E-state index contributed by atoms with van der Waals surface area (Å²) in [6.45, 7) is 14.1. The van der Waals surface area contributed by atoms with Crippen LogP contribution in [0.25, 0.3) is 0 Å². The fourth-order valence-electron chi connectivity index (χ4n) is 6.23. The van der Waals surface area contributed by atoms with Crippen LogP contribution < -0.4 is 0 Å². The second-order valence-electron chi connectivity index (χ2n) is 8.89. The number of ketones is 2. The van der Waals surface area contributed by atoms with Gasteiger partial charge in [-0.1, -0.05) is 46.3 Å². The second-order valence-corrected chi connectivity index (χ2v) is 8.89. The van der Waals surface area contributed by atoms with Crippen LogP contribution in [0.5, 0.6) is 0 Å². The van der Waals surface area contributed by atoms with Crippen molar-refractivity contribution in [2.75, 3.05) is 0 Å². The van der Waals surface area contributed by atoms with Crippen LogP contribution in [0.4, 0.5) is 0 Å². The first-order chi connectivity index (χ1) is 11.7. The normalized spacial score (nSPS) is 45.4. The Bertz CT molecular complexity index is 629. The predicted octanol–water partition coefficient (Wildman–Crippen LogP) is 4.25. The van der Waals surface area contributed by atoms with E-state index in [9.17, 15) is 14.7 Å². The number of aliphatic hydroxyl groups is 1. The highest BCUT2D eigenvalue weighted by Gasteiger charge is 2.64. The number of carbonyl (C=O) groups is 2. The van der Waals surface area contributed by atoms with E-state index in [1.54, 1.807) is 0 Å². The Labute approximate surface area is 151 Å². The van der Waals surface area contributed by atoms with Crippen molar-refractivity contribution < 1.29 is 14.7 Å². The standard InChI is InChI=1S/C22H32O3/c1-6-22-16(11-10-14(3)19(22)23)18-17(15(4)20(22)24)13(2)9-7-8-12-21(18,5)25/h13,16-18,25H,3-4,6-12H2,1-2,5H3. The summed E-state index contributed by atoms with van der Waals surface area (Å²) in [4.78, 5) is 26.6. The lowest BCUT2D eigenvalue weighted by Crippen LogP contribution is -2.62. The van der Waals surface area contributed by atoms with Crippen LogP contribution in [0, 0.1) is 29.1 Å². The molecular formula is C22H32O3.